The van der Waals surface area contributed by atoms with Crippen LogP contribution in [0.2, 0.25) is 0 Å². The minimum atomic E-state index is 0.252. The summed E-state index contributed by atoms with van der Waals surface area (Å²) in [6.07, 6.45) is 1.13. The standard InChI is InChI=1S/C19H24BrN/c1-5-11-21-19(16-7-6-8-18(20)15(16)4)17-12-13(2)9-10-14(17)3/h6-10,12,19,21H,5,11H2,1-4H3. The number of benzene rings is 2. The van der Waals surface area contributed by atoms with Gasteiger partial charge in [0.1, 0.15) is 0 Å². The molecule has 0 aromatic heterocycles. The number of halogens is 1. The van der Waals surface area contributed by atoms with Gasteiger partial charge >= 0.3 is 0 Å². The van der Waals surface area contributed by atoms with Crippen molar-refractivity contribution in [2.45, 2.75) is 40.2 Å². The van der Waals surface area contributed by atoms with Gasteiger partial charge in [0.25, 0.3) is 0 Å². The quantitative estimate of drug-likeness (QED) is 0.758. The van der Waals surface area contributed by atoms with Crippen molar-refractivity contribution in [2.24, 2.45) is 0 Å². The van der Waals surface area contributed by atoms with E-state index in [-0.39, 0.29) is 6.04 Å². The molecule has 2 aromatic carbocycles. The molecule has 1 atom stereocenters. The highest BCUT2D eigenvalue weighted by Gasteiger charge is 2.18. The van der Waals surface area contributed by atoms with Crippen molar-refractivity contribution >= 4 is 15.9 Å². The highest BCUT2D eigenvalue weighted by molar-refractivity contribution is 9.10. The van der Waals surface area contributed by atoms with Gasteiger partial charge in [-0.05, 0) is 62.1 Å². The van der Waals surface area contributed by atoms with Crippen LogP contribution >= 0.6 is 15.9 Å². The van der Waals surface area contributed by atoms with E-state index in [0.717, 1.165) is 13.0 Å². The van der Waals surface area contributed by atoms with Crippen molar-refractivity contribution in [3.63, 3.8) is 0 Å². The predicted molar refractivity (Wildman–Crippen MR) is 94.9 cm³/mol. The lowest BCUT2D eigenvalue weighted by Crippen LogP contribution is -2.24. The maximum Gasteiger partial charge on any atom is 0.0582 e. The lowest BCUT2D eigenvalue weighted by molar-refractivity contribution is 0.593. The van der Waals surface area contributed by atoms with Gasteiger partial charge in [-0.1, -0.05) is 58.7 Å². The maximum atomic E-state index is 3.72. The minimum Gasteiger partial charge on any atom is -0.306 e. The minimum absolute atomic E-state index is 0.252. The van der Waals surface area contributed by atoms with Crippen LogP contribution in [0.4, 0.5) is 0 Å². The number of hydrogen-bond donors (Lipinski definition) is 1. The molecule has 0 fully saturated rings. The molecule has 0 bridgehead atoms. The molecule has 0 aliphatic carbocycles. The molecule has 1 N–H and O–H groups in total. The molecular formula is C19H24BrN. The maximum absolute atomic E-state index is 3.72. The second-order valence-corrected chi connectivity index (χ2v) is 6.56. The van der Waals surface area contributed by atoms with Crippen LogP contribution in [-0.4, -0.2) is 6.54 Å². The zero-order valence-corrected chi connectivity index (χ0v) is 14.9. The number of aryl methyl sites for hydroxylation is 2. The Morgan fingerprint density at radius 3 is 2.52 bits per heavy atom. The molecule has 21 heavy (non-hydrogen) atoms. The van der Waals surface area contributed by atoms with Crippen molar-refractivity contribution in [3.8, 4) is 0 Å². The first-order valence-corrected chi connectivity index (χ1v) is 8.39. The Morgan fingerprint density at radius 1 is 1.05 bits per heavy atom. The molecule has 2 aromatic rings. The van der Waals surface area contributed by atoms with Crippen LogP contribution in [0.3, 0.4) is 0 Å². The Hall–Kier alpha value is -1.12. The fourth-order valence-electron chi connectivity index (χ4n) is 2.68. The van der Waals surface area contributed by atoms with Gasteiger partial charge in [0.05, 0.1) is 6.04 Å². The molecule has 0 spiro atoms. The normalized spacial score (nSPS) is 12.4. The third kappa shape index (κ3) is 3.75. The smallest absolute Gasteiger partial charge is 0.0582 e. The number of rotatable bonds is 5. The van der Waals surface area contributed by atoms with Crippen molar-refractivity contribution in [3.05, 3.63) is 68.7 Å². The number of hydrogen-bond acceptors (Lipinski definition) is 1. The van der Waals surface area contributed by atoms with Gasteiger partial charge in [-0.25, -0.2) is 0 Å². The number of nitrogens with one attached hydrogen (secondary N) is 1. The van der Waals surface area contributed by atoms with Crippen molar-refractivity contribution < 1.29 is 0 Å². The molecule has 0 amide bonds. The van der Waals surface area contributed by atoms with Crippen LogP contribution in [0.25, 0.3) is 0 Å². The van der Waals surface area contributed by atoms with E-state index in [1.165, 1.54) is 32.3 Å². The molecule has 1 nitrogen and oxygen atoms in total. The molecule has 0 heterocycles. The van der Waals surface area contributed by atoms with E-state index in [1.54, 1.807) is 0 Å². The van der Waals surface area contributed by atoms with Crippen LogP contribution in [0.5, 0.6) is 0 Å². The topological polar surface area (TPSA) is 12.0 Å². The molecular weight excluding hydrogens is 322 g/mol. The highest BCUT2D eigenvalue weighted by Crippen LogP contribution is 2.31. The Labute approximate surface area is 136 Å². The molecule has 2 rings (SSSR count). The zero-order chi connectivity index (χ0) is 15.4. The first-order chi connectivity index (χ1) is 10.0. The van der Waals surface area contributed by atoms with Crippen LogP contribution in [0.15, 0.2) is 40.9 Å². The van der Waals surface area contributed by atoms with E-state index < -0.39 is 0 Å². The second-order valence-electron chi connectivity index (χ2n) is 5.70. The molecule has 0 radical (unpaired) electrons. The van der Waals surface area contributed by atoms with E-state index in [9.17, 15) is 0 Å². The van der Waals surface area contributed by atoms with E-state index >= 15 is 0 Å². The fraction of sp³-hybridized carbons (Fsp3) is 0.368. The second kappa shape index (κ2) is 7.24. The molecule has 2 heteroatoms. The van der Waals surface area contributed by atoms with Crippen LogP contribution < -0.4 is 5.32 Å². The van der Waals surface area contributed by atoms with E-state index in [4.69, 9.17) is 0 Å². The average Bonchev–Trinajstić information content (AvgIpc) is 2.47. The monoisotopic (exact) mass is 345 g/mol. The summed E-state index contributed by atoms with van der Waals surface area (Å²) >= 11 is 3.66. The summed E-state index contributed by atoms with van der Waals surface area (Å²) in [6, 6.07) is 13.4. The van der Waals surface area contributed by atoms with Gasteiger partial charge in [-0.15, -0.1) is 0 Å². The van der Waals surface area contributed by atoms with Crippen molar-refractivity contribution in [1.82, 2.24) is 5.32 Å². The van der Waals surface area contributed by atoms with Gasteiger partial charge in [0.2, 0.25) is 0 Å². The largest absolute Gasteiger partial charge is 0.306 e. The average molecular weight is 346 g/mol. The molecule has 0 saturated carbocycles. The SMILES string of the molecule is CCCNC(c1cc(C)ccc1C)c1cccc(Br)c1C. The van der Waals surface area contributed by atoms with Crippen LogP contribution in [0.1, 0.15) is 47.2 Å². The molecule has 1 unspecified atom stereocenters. The third-order valence-electron chi connectivity index (χ3n) is 3.96. The zero-order valence-electron chi connectivity index (χ0n) is 13.3. The summed E-state index contributed by atoms with van der Waals surface area (Å²) in [5.41, 5.74) is 6.70. The summed E-state index contributed by atoms with van der Waals surface area (Å²) in [7, 11) is 0. The summed E-state index contributed by atoms with van der Waals surface area (Å²) in [4.78, 5) is 0. The summed E-state index contributed by atoms with van der Waals surface area (Å²) in [5, 5.41) is 3.72. The van der Waals surface area contributed by atoms with Gasteiger partial charge in [0.15, 0.2) is 0 Å². The molecule has 0 aliphatic heterocycles. The first-order valence-electron chi connectivity index (χ1n) is 7.60. The van der Waals surface area contributed by atoms with E-state index in [1.807, 2.05) is 0 Å². The van der Waals surface area contributed by atoms with Crippen molar-refractivity contribution in [2.75, 3.05) is 6.54 Å². The third-order valence-corrected chi connectivity index (χ3v) is 4.82. The summed E-state index contributed by atoms with van der Waals surface area (Å²) < 4.78 is 1.17. The Bertz CT molecular complexity index is 617. The van der Waals surface area contributed by atoms with Crippen LogP contribution in [0, 0.1) is 20.8 Å². The Morgan fingerprint density at radius 2 is 1.81 bits per heavy atom. The van der Waals surface area contributed by atoms with Gasteiger partial charge in [0, 0.05) is 4.47 Å². The van der Waals surface area contributed by atoms with E-state index in [0.29, 0.717) is 0 Å². The van der Waals surface area contributed by atoms with Crippen molar-refractivity contribution in [1.29, 1.82) is 0 Å². The molecule has 0 aliphatic rings. The Kier molecular flexibility index (Phi) is 5.60. The molecule has 112 valence electrons. The predicted octanol–water partition coefficient (Wildman–Crippen LogP) is 5.46. The first kappa shape index (κ1) is 16.3. The fourth-order valence-corrected chi connectivity index (χ4v) is 3.07. The summed E-state index contributed by atoms with van der Waals surface area (Å²) in [5.74, 6) is 0. The van der Waals surface area contributed by atoms with E-state index in [2.05, 4.69) is 85.3 Å². The van der Waals surface area contributed by atoms with Crippen LogP contribution in [-0.2, 0) is 0 Å². The van der Waals surface area contributed by atoms with Gasteiger partial charge in [-0.3, -0.25) is 0 Å². The molecule has 0 saturated heterocycles. The highest BCUT2D eigenvalue weighted by atomic mass is 79.9. The summed E-state index contributed by atoms with van der Waals surface area (Å²) in [6.45, 7) is 9.77. The Balaban J connectivity index is 2.52. The van der Waals surface area contributed by atoms with Gasteiger partial charge in [-0.2, -0.15) is 0 Å². The van der Waals surface area contributed by atoms with Gasteiger partial charge < -0.3 is 5.32 Å². The lowest BCUT2D eigenvalue weighted by Gasteiger charge is -2.24. The lowest BCUT2D eigenvalue weighted by atomic mass is 9.91.